The van der Waals surface area contributed by atoms with Gasteiger partial charge in [-0.15, -0.1) is 0 Å². The van der Waals surface area contributed by atoms with Gasteiger partial charge in [0.15, 0.2) is 0 Å². The Kier molecular flexibility index (Phi) is 5.03. The highest BCUT2D eigenvalue weighted by atomic mass is 16.1. The Balaban J connectivity index is 2.32. The summed E-state index contributed by atoms with van der Waals surface area (Å²) in [5, 5.41) is 14.7. The highest BCUT2D eigenvalue weighted by Gasteiger charge is 1.99. The monoisotopic (exact) mass is 217 g/mol. The molecule has 0 saturated carbocycles. The van der Waals surface area contributed by atoms with E-state index in [9.17, 15) is 4.79 Å². The number of nitriles is 1. The van der Waals surface area contributed by atoms with Crippen LogP contribution in [0.15, 0.2) is 24.3 Å². The van der Waals surface area contributed by atoms with E-state index in [1.165, 1.54) is 6.92 Å². The van der Waals surface area contributed by atoms with Crippen molar-refractivity contribution < 1.29 is 4.79 Å². The summed E-state index contributed by atoms with van der Waals surface area (Å²) in [5.74, 6) is -0.0285. The van der Waals surface area contributed by atoms with Crippen molar-refractivity contribution in [2.75, 3.05) is 13.1 Å². The largest absolute Gasteiger partial charge is 0.355 e. The fourth-order valence-corrected chi connectivity index (χ4v) is 1.33. The molecule has 4 nitrogen and oxygen atoms in total. The number of nitrogens with one attached hydrogen (secondary N) is 2. The Morgan fingerprint density at radius 3 is 2.81 bits per heavy atom. The van der Waals surface area contributed by atoms with Crippen LogP contribution in [-0.2, 0) is 11.3 Å². The molecule has 84 valence electrons. The van der Waals surface area contributed by atoms with Crippen LogP contribution in [0.25, 0.3) is 0 Å². The predicted octanol–water partition coefficient (Wildman–Crippen LogP) is 0.784. The Morgan fingerprint density at radius 2 is 2.12 bits per heavy atom. The average molecular weight is 217 g/mol. The van der Waals surface area contributed by atoms with Gasteiger partial charge in [-0.1, -0.05) is 18.2 Å². The normalized spacial score (nSPS) is 9.50. The zero-order valence-electron chi connectivity index (χ0n) is 9.29. The van der Waals surface area contributed by atoms with Gasteiger partial charge in [0.25, 0.3) is 0 Å². The second-order valence-corrected chi connectivity index (χ2v) is 3.43. The molecule has 16 heavy (non-hydrogen) atoms. The molecule has 0 radical (unpaired) electrons. The van der Waals surface area contributed by atoms with Gasteiger partial charge in [0, 0.05) is 26.6 Å². The van der Waals surface area contributed by atoms with Crippen molar-refractivity contribution in [1.29, 1.82) is 5.26 Å². The first kappa shape index (κ1) is 12.2. The average Bonchev–Trinajstić information content (AvgIpc) is 2.29. The maximum absolute atomic E-state index is 10.6. The molecule has 0 saturated heterocycles. The van der Waals surface area contributed by atoms with E-state index >= 15 is 0 Å². The third kappa shape index (κ3) is 4.11. The summed E-state index contributed by atoms with van der Waals surface area (Å²) in [6.07, 6.45) is 0. The number of carbonyl (C=O) groups excluding carboxylic acids is 1. The van der Waals surface area contributed by atoms with Gasteiger partial charge in [0.1, 0.15) is 0 Å². The Morgan fingerprint density at radius 1 is 1.38 bits per heavy atom. The van der Waals surface area contributed by atoms with Gasteiger partial charge in [-0.25, -0.2) is 0 Å². The molecule has 0 fully saturated rings. The number of hydrogen-bond donors (Lipinski definition) is 2. The van der Waals surface area contributed by atoms with Crippen molar-refractivity contribution >= 4 is 5.91 Å². The van der Waals surface area contributed by atoms with Crippen LogP contribution >= 0.6 is 0 Å². The molecule has 0 aliphatic heterocycles. The molecule has 0 atom stereocenters. The minimum Gasteiger partial charge on any atom is -0.355 e. The molecule has 0 heterocycles. The van der Waals surface area contributed by atoms with E-state index in [0.717, 1.165) is 5.56 Å². The lowest BCUT2D eigenvalue weighted by molar-refractivity contribution is -0.118. The lowest BCUT2D eigenvalue weighted by atomic mass is 10.1. The number of amides is 1. The first-order valence-corrected chi connectivity index (χ1v) is 5.17. The van der Waals surface area contributed by atoms with E-state index in [1.54, 1.807) is 6.07 Å². The Labute approximate surface area is 95.3 Å². The van der Waals surface area contributed by atoms with E-state index in [0.29, 0.717) is 25.2 Å². The molecule has 0 bridgehead atoms. The van der Waals surface area contributed by atoms with Gasteiger partial charge in [0.2, 0.25) is 5.91 Å². The molecule has 2 N–H and O–H groups in total. The van der Waals surface area contributed by atoms with Gasteiger partial charge in [-0.2, -0.15) is 5.26 Å². The molecular formula is C12H15N3O. The summed E-state index contributed by atoms with van der Waals surface area (Å²) in [6.45, 7) is 3.43. The van der Waals surface area contributed by atoms with Crippen molar-refractivity contribution in [3.63, 3.8) is 0 Å². The van der Waals surface area contributed by atoms with Gasteiger partial charge in [-0.3, -0.25) is 4.79 Å². The topological polar surface area (TPSA) is 64.9 Å². The third-order valence-electron chi connectivity index (χ3n) is 2.13. The van der Waals surface area contributed by atoms with Crippen LogP contribution in [0.1, 0.15) is 18.1 Å². The number of nitrogens with zero attached hydrogens (tertiary/aromatic N) is 1. The molecule has 0 aromatic heterocycles. The van der Waals surface area contributed by atoms with Gasteiger partial charge < -0.3 is 10.6 Å². The number of rotatable bonds is 5. The molecule has 0 spiro atoms. The quantitative estimate of drug-likeness (QED) is 0.716. The van der Waals surface area contributed by atoms with Gasteiger partial charge in [-0.05, 0) is 11.6 Å². The third-order valence-corrected chi connectivity index (χ3v) is 2.13. The zero-order valence-corrected chi connectivity index (χ0v) is 9.29. The van der Waals surface area contributed by atoms with Crippen LogP contribution in [0, 0.1) is 11.3 Å². The standard InChI is InChI=1S/C12H15N3O/c1-10(16)15-7-6-14-9-12-5-3-2-4-11(12)8-13/h2-5,14H,6-7,9H2,1H3,(H,15,16). The van der Waals surface area contributed by atoms with Crippen molar-refractivity contribution in [1.82, 2.24) is 10.6 Å². The highest BCUT2D eigenvalue weighted by Crippen LogP contribution is 2.06. The van der Waals surface area contributed by atoms with E-state index in [1.807, 2.05) is 18.2 Å². The molecular weight excluding hydrogens is 202 g/mol. The molecule has 1 amide bonds. The smallest absolute Gasteiger partial charge is 0.216 e. The molecule has 1 aromatic carbocycles. The fourth-order valence-electron chi connectivity index (χ4n) is 1.33. The number of benzene rings is 1. The van der Waals surface area contributed by atoms with Crippen LogP contribution in [0.4, 0.5) is 0 Å². The Bertz CT molecular complexity index is 395. The van der Waals surface area contributed by atoms with Crippen molar-refractivity contribution in [2.24, 2.45) is 0 Å². The molecule has 1 rings (SSSR count). The zero-order chi connectivity index (χ0) is 11.8. The van der Waals surface area contributed by atoms with Gasteiger partial charge >= 0.3 is 0 Å². The van der Waals surface area contributed by atoms with Gasteiger partial charge in [0.05, 0.1) is 11.6 Å². The lowest BCUT2D eigenvalue weighted by Gasteiger charge is -2.06. The van der Waals surface area contributed by atoms with Crippen molar-refractivity contribution in [3.05, 3.63) is 35.4 Å². The van der Waals surface area contributed by atoms with E-state index in [4.69, 9.17) is 5.26 Å². The maximum Gasteiger partial charge on any atom is 0.216 e. The van der Waals surface area contributed by atoms with Crippen molar-refractivity contribution in [3.8, 4) is 6.07 Å². The summed E-state index contributed by atoms with van der Waals surface area (Å²) in [6, 6.07) is 9.62. The molecule has 1 aromatic rings. The maximum atomic E-state index is 10.6. The lowest BCUT2D eigenvalue weighted by Crippen LogP contribution is -2.30. The number of carbonyl (C=O) groups is 1. The van der Waals surface area contributed by atoms with Crippen LogP contribution in [0.3, 0.4) is 0 Å². The summed E-state index contributed by atoms with van der Waals surface area (Å²) < 4.78 is 0. The van der Waals surface area contributed by atoms with Crippen LogP contribution in [0.5, 0.6) is 0 Å². The second-order valence-electron chi connectivity index (χ2n) is 3.43. The molecule has 0 aliphatic carbocycles. The summed E-state index contributed by atoms with van der Waals surface area (Å²) >= 11 is 0. The summed E-state index contributed by atoms with van der Waals surface area (Å²) in [5.41, 5.74) is 1.67. The van der Waals surface area contributed by atoms with Crippen LogP contribution < -0.4 is 10.6 Å². The van der Waals surface area contributed by atoms with Crippen molar-refractivity contribution in [2.45, 2.75) is 13.5 Å². The minimum absolute atomic E-state index is 0.0285. The SMILES string of the molecule is CC(=O)NCCNCc1ccccc1C#N. The van der Waals surface area contributed by atoms with E-state index < -0.39 is 0 Å². The fraction of sp³-hybridized carbons (Fsp3) is 0.333. The summed E-state index contributed by atoms with van der Waals surface area (Å²) in [7, 11) is 0. The molecule has 0 unspecified atom stereocenters. The minimum atomic E-state index is -0.0285. The van der Waals surface area contributed by atoms with Crippen LogP contribution in [0.2, 0.25) is 0 Å². The Hall–Kier alpha value is -1.86. The first-order valence-electron chi connectivity index (χ1n) is 5.17. The van der Waals surface area contributed by atoms with E-state index in [-0.39, 0.29) is 5.91 Å². The summed E-state index contributed by atoms with van der Waals surface area (Å²) in [4.78, 5) is 10.6. The first-order chi connectivity index (χ1) is 7.74. The highest BCUT2D eigenvalue weighted by molar-refractivity contribution is 5.72. The second kappa shape index (κ2) is 6.59. The molecule has 4 heteroatoms. The predicted molar refractivity (Wildman–Crippen MR) is 61.5 cm³/mol. The number of hydrogen-bond acceptors (Lipinski definition) is 3. The van der Waals surface area contributed by atoms with E-state index in [2.05, 4.69) is 16.7 Å². The molecule has 0 aliphatic rings. The van der Waals surface area contributed by atoms with Crippen LogP contribution in [-0.4, -0.2) is 19.0 Å².